The highest BCUT2D eigenvalue weighted by atomic mass is 32.2. The Bertz CT molecular complexity index is 929. The summed E-state index contributed by atoms with van der Waals surface area (Å²) in [5.41, 5.74) is 0.198. The second-order valence-corrected chi connectivity index (χ2v) is 8.18. The van der Waals surface area contributed by atoms with E-state index in [4.69, 9.17) is 9.15 Å². The number of halogens is 2. The molecule has 0 amide bonds. The minimum Gasteiger partial charge on any atom is -0.490 e. The summed E-state index contributed by atoms with van der Waals surface area (Å²) < 4.78 is 40.8. The third kappa shape index (κ3) is 3.18. The van der Waals surface area contributed by atoms with Crippen molar-refractivity contribution in [2.45, 2.75) is 55.6 Å². The Morgan fingerprint density at radius 3 is 2.46 bits per heavy atom. The predicted octanol–water partition coefficient (Wildman–Crippen LogP) is 7.08. The summed E-state index contributed by atoms with van der Waals surface area (Å²) in [5.74, 6) is -0.784. The maximum absolute atomic E-state index is 15.0. The molecule has 1 aliphatic carbocycles. The van der Waals surface area contributed by atoms with Crippen LogP contribution in [0, 0.1) is 11.6 Å². The van der Waals surface area contributed by atoms with Crippen molar-refractivity contribution in [3.8, 4) is 5.75 Å². The molecule has 4 rings (SSSR count). The van der Waals surface area contributed by atoms with Gasteiger partial charge in [-0.3, -0.25) is 0 Å². The van der Waals surface area contributed by atoms with E-state index in [0.29, 0.717) is 27.5 Å². The van der Waals surface area contributed by atoms with Gasteiger partial charge in [0.2, 0.25) is 5.82 Å². The fourth-order valence-electron chi connectivity index (χ4n) is 3.52. The Hall–Kier alpha value is -1.75. The normalized spacial score (nSPS) is 15.3. The zero-order chi connectivity index (χ0) is 18.1. The van der Waals surface area contributed by atoms with E-state index in [1.807, 2.05) is 13.0 Å². The van der Waals surface area contributed by atoms with Gasteiger partial charge in [-0.1, -0.05) is 26.2 Å². The third-order valence-corrected chi connectivity index (χ3v) is 6.34. The maximum atomic E-state index is 15.0. The van der Waals surface area contributed by atoms with Gasteiger partial charge in [0, 0.05) is 20.9 Å². The molecule has 0 N–H and O–H groups in total. The van der Waals surface area contributed by atoms with E-state index in [1.165, 1.54) is 12.8 Å². The van der Waals surface area contributed by atoms with Crippen molar-refractivity contribution in [3.63, 3.8) is 0 Å². The molecule has 2 aromatic carbocycles. The van der Waals surface area contributed by atoms with E-state index in [2.05, 4.69) is 0 Å². The molecular weight excluding hydrogens is 354 g/mol. The largest absolute Gasteiger partial charge is 0.490 e. The molecule has 1 heterocycles. The lowest BCUT2D eigenvalue weighted by Gasteiger charge is -2.09. The minimum atomic E-state index is -0.556. The average molecular weight is 376 g/mol. The summed E-state index contributed by atoms with van der Waals surface area (Å²) in [6.45, 7) is 2.50. The van der Waals surface area contributed by atoms with Crippen LogP contribution in [0.2, 0.25) is 0 Å². The number of ether oxygens (including phenoxy) is 1. The Morgan fingerprint density at radius 1 is 1.04 bits per heavy atom. The molecule has 0 bridgehead atoms. The average Bonchev–Trinajstić information content (AvgIpc) is 3.28. The first-order chi connectivity index (χ1) is 12.7. The second-order valence-electron chi connectivity index (χ2n) is 6.84. The van der Waals surface area contributed by atoms with Crippen molar-refractivity contribution in [2.24, 2.45) is 0 Å². The van der Waals surface area contributed by atoms with Gasteiger partial charge in [-0.25, -0.2) is 4.39 Å². The smallest absolute Gasteiger partial charge is 0.208 e. The molecule has 0 radical (unpaired) electrons. The van der Waals surface area contributed by atoms with E-state index >= 15 is 0 Å². The monoisotopic (exact) mass is 376 g/mol. The Morgan fingerprint density at radius 2 is 1.73 bits per heavy atom. The number of rotatable bonds is 6. The van der Waals surface area contributed by atoms with Crippen molar-refractivity contribution >= 4 is 33.7 Å². The number of fused-ring (bicyclic) bond motifs is 3. The van der Waals surface area contributed by atoms with Crippen LogP contribution in [0.1, 0.15) is 45.4 Å². The molecule has 2 nitrogen and oxygen atoms in total. The van der Waals surface area contributed by atoms with Crippen molar-refractivity contribution in [2.75, 3.05) is 6.61 Å². The number of hydrogen-bond acceptors (Lipinski definition) is 3. The van der Waals surface area contributed by atoms with Crippen molar-refractivity contribution < 1.29 is 17.9 Å². The standard InChI is InChI=1S/C21H22F2O2S/c1-2-3-12-24-16-10-8-14-15-9-11-17(26-13-6-4-5-7-13)19(23)21(15)25-20(14)18(16)22/h8-11,13H,2-7,12H2,1H3. The van der Waals surface area contributed by atoms with Crippen molar-refractivity contribution in [1.29, 1.82) is 0 Å². The summed E-state index contributed by atoms with van der Waals surface area (Å²) in [4.78, 5) is 0.586. The quantitative estimate of drug-likeness (QED) is 0.429. The van der Waals surface area contributed by atoms with Crippen LogP contribution in [0.15, 0.2) is 33.6 Å². The molecule has 0 unspecified atom stereocenters. The number of hydrogen-bond donors (Lipinski definition) is 0. The highest BCUT2D eigenvalue weighted by molar-refractivity contribution is 8.00. The third-order valence-electron chi connectivity index (χ3n) is 4.97. The summed E-state index contributed by atoms with van der Waals surface area (Å²) in [6.07, 6.45) is 6.48. The number of benzene rings is 2. The van der Waals surface area contributed by atoms with Crippen LogP contribution in [0.4, 0.5) is 8.78 Å². The molecule has 0 atom stereocenters. The predicted molar refractivity (Wildman–Crippen MR) is 102 cm³/mol. The lowest BCUT2D eigenvalue weighted by atomic mass is 10.1. The fraction of sp³-hybridized carbons (Fsp3) is 0.429. The van der Waals surface area contributed by atoms with E-state index in [9.17, 15) is 8.78 Å². The van der Waals surface area contributed by atoms with Crippen LogP contribution in [0.25, 0.3) is 21.9 Å². The first-order valence-electron chi connectivity index (χ1n) is 9.31. The summed E-state index contributed by atoms with van der Waals surface area (Å²) >= 11 is 1.57. The lowest BCUT2D eigenvalue weighted by Crippen LogP contribution is -1.98. The first-order valence-corrected chi connectivity index (χ1v) is 10.2. The van der Waals surface area contributed by atoms with Crippen molar-refractivity contribution in [3.05, 3.63) is 35.9 Å². The molecule has 5 heteroatoms. The number of furan rings is 1. The van der Waals surface area contributed by atoms with Gasteiger partial charge in [0.05, 0.1) is 6.61 Å². The number of unbranched alkanes of at least 4 members (excludes halogenated alkanes) is 1. The van der Waals surface area contributed by atoms with Crippen LogP contribution in [-0.2, 0) is 0 Å². The zero-order valence-corrected chi connectivity index (χ0v) is 15.6. The zero-order valence-electron chi connectivity index (χ0n) is 14.8. The molecule has 138 valence electrons. The van der Waals surface area contributed by atoms with Gasteiger partial charge in [-0.05, 0) is 43.5 Å². The highest BCUT2D eigenvalue weighted by Gasteiger charge is 2.22. The number of thioether (sulfide) groups is 1. The highest BCUT2D eigenvalue weighted by Crippen LogP contribution is 2.41. The SMILES string of the molecule is CCCCOc1ccc2c(oc3c(F)c(SC4CCCC4)ccc32)c1F. The van der Waals surface area contributed by atoms with Gasteiger partial charge in [-0.2, -0.15) is 4.39 Å². The molecule has 3 aromatic rings. The Kier molecular flexibility index (Phi) is 5.07. The van der Waals surface area contributed by atoms with Gasteiger partial charge in [0.1, 0.15) is 0 Å². The second kappa shape index (κ2) is 7.47. The van der Waals surface area contributed by atoms with Crippen LogP contribution in [0.5, 0.6) is 5.75 Å². The molecule has 26 heavy (non-hydrogen) atoms. The molecule has 0 saturated heterocycles. The minimum absolute atomic E-state index is 0.0657. The molecular formula is C21H22F2O2S. The molecule has 1 aromatic heterocycles. The van der Waals surface area contributed by atoms with Gasteiger partial charge in [-0.15, -0.1) is 11.8 Å². The van der Waals surface area contributed by atoms with Gasteiger partial charge in [0.15, 0.2) is 22.7 Å². The first kappa shape index (κ1) is 17.7. The van der Waals surface area contributed by atoms with Gasteiger partial charge >= 0.3 is 0 Å². The van der Waals surface area contributed by atoms with E-state index < -0.39 is 5.82 Å². The van der Waals surface area contributed by atoms with Crippen LogP contribution >= 0.6 is 11.8 Å². The Labute approximate surface area is 155 Å². The topological polar surface area (TPSA) is 22.4 Å². The van der Waals surface area contributed by atoms with Crippen LogP contribution < -0.4 is 4.74 Å². The van der Waals surface area contributed by atoms with Crippen molar-refractivity contribution in [1.82, 2.24) is 0 Å². The Balaban J connectivity index is 1.72. The summed E-state index contributed by atoms with van der Waals surface area (Å²) in [5, 5.41) is 1.64. The molecule has 1 fully saturated rings. The summed E-state index contributed by atoms with van der Waals surface area (Å²) in [6, 6.07) is 6.97. The van der Waals surface area contributed by atoms with Gasteiger partial charge in [0.25, 0.3) is 0 Å². The van der Waals surface area contributed by atoms with E-state index in [-0.39, 0.29) is 22.7 Å². The maximum Gasteiger partial charge on any atom is 0.208 e. The van der Waals surface area contributed by atoms with Gasteiger partial charge < -0.3 is 9.15 Å². The molecule has 0 aliphatic heterocycles. The lowest BCUT2D eigenvalue weighted by molar-refractivity contribution is 0.294. The van der Waals surface area contributed by atoms with Crippen LogP contribution in [0.3, 0.4) is 0 Å². The molecule has 1 aliphatic rings. The fourth-order valence-corrected chi connectivity index (χ4v) is 4.79. The van der Waals surface area contributed by atoms with Crippen LogP contribution in [-0.4, -0.2) is 11.9 Å². The molecule has 1 saturated carbocycles. The summed E-state index contributed by atoms with van der Waals surface area (Å²) in [7, 11) is 0. The van der Waals surface area contributed by atoms with E-state index in [0.717, 1.165) is 25.7 Å². The molecule has 0 spiro atoms. The van der Waals surface area contributed by atoms with E-state index in [1.54, 1.807) is 30.0 Å².